The van der Waals surface area contributed by atoms with Gasteiger partial charge in [0.15, 0.2) is 5.43 Å². The van der Waals surface area contributed by atoms with Gasteiger partial charge in [-0.15, -0.1) is 11.3 Å². The molecule has 0 aliphatic heterocycles. The van der Waals surface area contributed by atoms with Crippen LogP contribution in [0.15, 0.2) is 53.5 Å². The van der Waals surface area contributed by atoms with Crippen molar-refractivity contribution in [3.63, 3.8) is 0 Å². The van der Waals surface area contributed by atoms with E-state index in [1.54, 1.807) is 17.4 Å². The van der Waals surface area contributed by atoms with Crippen molar-refractivity contribution >= 4 is 21.4 Å². The van der Waals surface area contributed by atoms with Crippen molar-refractivity contribution in [1.29, 1.82) is 0 Å². The van der Waals surface area contributed by atoms with Crippen LogP contribution in [0, 0.1) is 0 Å². The molecule has 2 nitrogen and oxygen atoms in total. The second-order valence-corrected chi connectivity index (χ2v) is 4.64. The first-order chi connectivity index (χ1) is 7.84. The summed E-state index contributed by atoms with van der Waals surface area (Å²) in [6.07, 6.45) is 1.86. The zero-order valence-electron chi connectivity index (χ0n) is 8.44. The van der Waals surface area contributed by atoms with Gasteiger partial charge in [0, 0.05) is 22.3 Å². The fourth-order valence-electron chi connectivity index (χ4n) is 1.72. The number of aromatic nitrogens is 1. The molecule has 0 amide bonds. The lowest BCUT2D eigenvalue weighted by molar-refractivity contribution is 1.42. The van der Waals surface area contributed by atoms with Crippen LogP contribution in [-0.4, -0.2) is 4.98 Å². The molecule has 0 unspecified atom stereocenters. The topological polar surface area (TPSA) is 32.9 Å². The Balaban J connectivity index is 2.34. The van der Waals surface area contributed by atoms with Gasteiger partial charge in [-0.05, 0) is 24.3 Å². The maximum Gasteiger partial charge on any atom is 0.188 e. The molecule has 0 atom stereocenters. The second kappa shape index (κ2) is 3.61. The fraction of sp³-hybridized carbons (Fsp3) is 0. The largest absolute Gasteiger partial charge is 0.361 e. The van der Waals surface area contributed by atoms with E-state index in [0.717, 1.165) is 20.7 Å². The Morgan fingerprint density at radius 2 is 1.94 bits per heavy atom. The fourth-order valence-corrected chi connectivity index (χ4v) is 2.79. The smallest absolute Gasteiger partial charge is 0.188 e. The lowest BCUT2D eigenvalue weighted by Crippen LogP contribution is -1.98. The van der Waals surface area contributed by atoms with E-state index in [0.29, 0.717) is 0 Å². The van der Waals surface area contributed by atoms with E-state index in [-0.39, 0.29) is 5.43 Å². The normalized spacial score (nSPS) is 10.8. The van der Waals surface area contributed by atoms with E-state index < -0.39 is 0 Å². The number of fused-ring (bicyclic) bond motifs is 1. The molecule has 3 heteroatoms. The molecule has 2 aromatic heterocycles. The number of aromatic amines is 1. The summed E-state index contributed by atoms with van der Waals surface area (Å²) in [4.78, 5) is 16.0. The van der Waals surface area contributed by atoms with Gasteiger partial charge in [-0.25, -0.2) is 0 Å². The van der Waals surface area contributed by atoms with E-state index >= 15 is 0 Å². The van der Waals surface area contributed by atoms with E-state index in [1.807, 2.05) is 42.6 Å². The first kappa shape index (κ1) is 9.36. The number of nitrogens with one attached hydrogen (secondary N) is 1. The molecule has 0 radical (unpaired) electrons. The zero-order valence-corrected chi connectivity index (χ0v) is 9.25. The summed E-state index contributed by atoms with van der Waals surface area (Å²) in [5, 5.41) is 0.794. The molecule has 3 aromatic rings. The van der Waals surface area contributed by atoms with Gasteiger partial charge in [0.1, 0.15) is 0 Å². The van der Waals surface area contributed by atoms with Crippen molar-refractivity contribution in [3.8, 4) is 10.6 Å². The van der Waals surface area contributed by atoms with Crippen molar-refractivity contribution in [2.24, 2.45) is 0 Å². The van der Waals surface area contributed by atoms with Crippen LogP contribution in [0.3, 0.4) is 0 Å². The molecule has 0 fully saturated rings. The monoisotopic (exact) mass is 227 g/mol. The number of H-pyrrole nitrogens is 1. The number of rotatable bonds is 1. The molecule has 0 aliphatic rings. The Labute approximate surface area is 96.2 Å². The van der Waals surface area contributed by atoms with Crippen molar-refractivity contribution in [2.45, 2.75) is 0 Å². The molecular formula is C13H9NOS. The predicted octanol–water partition coefficient (Wildman–Crippen LogP) is 3.26. The van der Waals surface area contributed by atoms with Crippen molar-refractivity contribution in [1.82, 2.24) is 4.98 Å². The summed E-state index contributed by atoms with van der Waals surface area (Å²) < 4.78 is 1.03. The summed E-state index contributed by atoms with van der Waals surface area (Å²) in [6.45, 7) is 0. The standard InChI is InChI=1S/C13H9NOS/c15-11-8-13(10-5-3-7-14-10)16-12-6-2-1-4-9(11)12/h1-8,14H. The molecule has 16 heavy (non-hydrogen) atoms. The molecular weight excluding hydrogens is 218 g/mol. The summed E-state index contributed by atoms with van der Waals surface area (Å²) in [5.74, 6) is 0. The maximum absolute atomic E-state index is 11.9. The van der Waals surface area contributed by atoms with Crippen molar-refractivity contribution in [2.75, 3.05) is 0 Å². The molecule has 78 valence electrons. The molecule has 2 heterocycles. The lowest BCUT2D eigenvalue weighted by atomic mass is 10.2. The minimum atomic E-state index is 0.0824. The first-order valence-corrected chi connectivity index (χ1v) is 5.83. The number of benzene rings is 1. The van der Waals surface area contributed by atoms with E-state index in [2.05, 4.69) is 4.98 Å². The van der Waals surface area contributed by atoms with Gasteiger partial charge in [-0.2, -0.15) is 0 Å². The van der Waals surface area contributed by atoms with Crippen LogP contribution >= 0.6 is 11.3 Å². The highest BCUT2D eigenvalue weighted by molar-refractivity contribution is 7.21. The zero-order chi connectivity index (χ0) is 11.0. The van der Waals surface area contributed by atoms with Gasteiger partial charge < -0.3 is 4.98 Å². The van der Waals surface area contributed by atoms with Crippen molar-refractivity contribution in [3.05, 3.63) is 58.9 Å². The van der Waals surface area contributed by atoms with Gasteiger partial charge in [-0.1, -0.05) is 12.1 Å². The average molecular weight is 227 g/mol. The lowest BCUT2D eigenvalue weighted by Gasteiger charge is -1.99. The van der Waals surface area contributed by atoms with Gasteiger partial charge in [0.05, 0.1) is 10.6 Å². The second-order valence-electron chi connectivity index (χ2n) is 3.55. The highest BCUT2D eigenvalue weighted by atomic mass is 32.1. The molecule has 3 rings (SSSR count). The van der Waals surface area contributed by atoms with E-state index in [9.17, 15) is 4.79 Å². The Morgan fingerprint density at radius 1 is 1.06 bits per heavy atom. The third kappa shape index (κ3) is 1.46. The minimum Gasteiger partial charge on any atom is -0.361 e. The maximum atomic E-state index is 11.9. The van der Waals surface area contributed by atoms with Crippen molar-refractivity contribution < 1.29 is 0 Å². The summed E-state index contributed by atoms with van der Waals surface area (Å²) in [5.41, 5.74) is 1.08. The van der Waals surface area contributed by atoms with Crippen LogP contribution in [0.4, 0.5) is 0 Å². The Hall–Kier alpha value is -1.87. The quantitative estimate of drug-likeness (QED) is 0.680. The minimum absolute atomic E-state index is 0.0824. The van der Waals surface area contributed by atoms with Crippen LogP contribution in [0.5, 0.6) is 0 Å². The van der Waals surface area contributed by atoms with Gasteiger partial charge >= 0.3 is 0 Å². The summed E-state index contributed by atoms with van der Waals surface area (Å²) >= 11 is 1.63. The Morgan fingerprint density at radius 3 is 2.75 bits per heavy atom. The van der Waals surface area contributed by atoms with Gasteiger partial charge in [-0.3, -0.25) is 4.79 Å². The third-order valence-corrected chi connectivity index (χ3v) is 3.63. The molecule has 1 aromatic carbocycles. The highest BCUT2D eigenvalue weighted by Gasteiger charge is 2.04. The van der Waals surface area contributed by atoms with Crippen LogP contribution in [0.1, 0.15) is 0 Å². The van der Waals surface area contributed by atoms with Crippen LogP contribution in [-0.2, 0) is 0 Å². The molecule has 1 N–H and O–H groups in total. The first-order valence-electron chi connectivity index (χ1n) is 5.01. The third-order valence-electron chi connectivity index (χ3n) is 2.50. The number of hydrogen-bond donors (Lipinski definition) is 1. The van der Waals surface area contributed by atoms with E-state index in [1.165, 1.54) is 0 Å². The molecule has 0 bridgehead atoms. The molecule has 0 saturated heterocycles. The highest BCUT2D eigenvalue weighted by Crippen LogP contribution is 2.26. The summed E-state index contributed by atoms with van der Waals surface area (Å²) in [6, 6.07) is 13.3. The van der Waals surface area contributed by atoms with Crippen LogP contribution in [0.2, 0.25) is 0 Å². The van der Waals surface area contributed by atoms with Gasteiger partial charge in [0.2, 0.25) is 0 Å². The molecule has 0 spiro atoms. The Kier molecular flexibility index (Phi) is 2.11. The number of hydrogen-bond acceptors (Lipinski definition) is 2. The average Bonchev–Trinajstić information content (AvgIpc) is 2.82. The molecule has 0 saturated carbocycles. The predicted molar refractivity (Wildman–Crippen MR) is 67.9 cm³/mol. The van der Waals surface area contributed by atoms with Gasteiger partial charge in [0.25, 0.3) is 0 Å². The molecule has 0 aliphatic carbocycles. The Bertz CT molecular complexity index is 682. The van der Waals surface area contributed by atoms with Crippen LogP contribution < -0.4 is 5.43 Å². The SMILES string of the molecule is O=c1cc(-c2ccc[nH]2)sc2ccccc12. The summed E-state index contributed by atoms with van der Waals surface area (Å²) in [7, 11) is 0. The van der Waals surface area contributed by atoms with E-state index in [4.69, 9.17) is 0 Å². The van der Waals surface area contributed by atoms with Crippen LogP contribution in [0.25, 0.3) is 20.7 Å².